The molecule has 0 heterocycles. The Morgan fingerprint density at radius 3 is 2.35 bits per heavy atom. The number of benzene rings is 2. The minimum Gasteiger partial charge on any atom is -0.493 e. The summed E-state index contributed by atoms with van der Waals surface area (Å²) in [4.78, 5) is 12.2. The Morgan fingerprint density at radius 1 is 1.09 bits per heavy atom. The van der Waals surface area contributed by atoms with Crippen molar-refractivity contribution in [1.29, 1.82) is 0 Å². The van der Waals surface area contributed by atoms with Crippen LogP contribution < -0.4 is 14.8 Å². The predicted molar refractivity (Wildman–Crippen MR) is 86.2 cm³/mol. The number of carbonyl (C=O) groups is 1. The molecule has 122 valence electrons. The van der Waals surface area contributed by atoms with Crippen molar-refractivity contribution in [3.05, 3.63) is 59.4 Å². The van der Waals surface area contributed by atoms with Crippen LogP contribution in [0.5, 0.6) is 11.5 Å². The molecular weight excluding hydrogens is 297 g/mol. The summed E-state index contributed by atoms with van der Waals surface area (Å²) in [5, 5.41) is 2.90. The maximum absolute atomic E-state index is 12.9. The Kier molecular flexibility index (Phi) is 5.57. The summed E-state index contributed by atoms with van der Waals surface area (Å²) in [5.41, 5.74) is 1.68. The minimum atomic E-state index is -0.294. The summed E-state index contributed by atoms with van der Waals surface area (Å²) in [6.07, 6.45) is 0.228. The van der Waals surface area contributed by atoms with Gasteiger partial charge in [0.1, 0.15) is 5.82 Å². The van der Waals surface area contributed by atoms with Gasteiger partial charge in [-0.2, -0.15) is 0 Å². The first-order chi connectivity index (χ1) is 11.0. The number of methoxy groups -OCH3 is 2. The number of halogens is 1. The first-order valence-corrected chi connectivity index (χ1v) is 7.29. The van der Waals surface area contributed by atoms with Gasteiger partial charge in [0, 0.05) is 0 Å². The molecule has 0 aromatic heterocycles. The highest BCUT2D eigenvalue weighted by atomic mass is 19.1. The molecule has 0 bridgehead atoms. The molecule has 0 aliphatic heterocycles. The molecule has 23 heavy (non-hydrogen) atoms. The molecular formula is C18H20FNO3. The van der Waals surface area contributed by atoms with Crippen molar-refractivity contribution in [3.63, 3.8) is 0 Å². The molecule has 0 aliphatic carbocycles. The third kappa shape index (κ3) is 4.45. The maximum Gasteiger partial charge on any atom is 0.224 e. The topological polar surface area (TPSA) is 47.6 Å². The van der Waals surface area contributed by atoms with E-state index in [-0.39, 0.29) is 24.2 Å². The smallest absolute Gasteiger partial charge is 0.224 e. The first-order valence-electron chi connectivity index (χ1n) is 7.29. The lowest BCUT2D eigenvalue weighted by Gasteiger charge is -2.15. The van der Waals surface area contributed by atoms with Gasteiger partial charge in [-0.25, -0.2) is 4.39 Å². The van der Waals surface area contributed by atoms with E-state index in [0.717, 1.165) is 11.1 Å². The van der Waals surface area contributed by atoms with Crippen LogP contribution in [0.25, 0.3) is 0 Å². The second kappa shape index (κ2) is 7.63. The average molecular weight is 317 g/mol. The number of nitrogens with one attached hydrogen (secondary N) is 1. The van der Waals surface area contributed by atoms with E-state index >= 15 is 0 Å². The Bertz CT molecular complexity index is 670. The molecule has 0 spiro atoms. The lowest BCUT2D eigenvalue weighted by atomic mass is 10.1. The fourth-order valence-electron chi connectivity index (χ4n) is 2.30. The van der Waals surface area contributed by atoms with E-state index in [1.807, 2.05) is 13.0 Å². The second-order valence-corrected chi connectivity index (χ2v) is 5.21. The molecule has 5 heteroatoms. The molecule has 0 unspecified atom stereocenters. The molecule has 2 rings (SSSR count). The minimum absolute atomic E-state index is 0.117. The Hall–Kier alpha value is -2.56. The van der Waals surface area contributed by atoms with Crippen LogP contribution in [-0.4, -0.2) is 20.1 Å². The van der Waals surface area contributed by atoms with E-state index in [4.69, 9.17) is 9.47 Å². The Morgan fingerprint density at radius 2 is 1.74 bits per heavy atom. The van der Waals surface area contributed by atoms with Crippen molar-refractivity contribution in [3.8, 4) is 11.5 Å². The number of hydrogen-bond acceptors (Lipinski definition) is 3. The van der Waals surface area contributed by atoms with Crippen molar-refractivity contribution < 1.29 is 18.7 Å². The number of amides is 1. The van der Waals surface area contributed by atoms with Crippen molar-refractivity contribution in [1.82, 2.24) is 5.32 Å². The van der Waals surface area contributed by atoms with Crippen LogP contribution in [0.4, 0.5) is 4.39 Å². The van der Waals surface area contributed by atoms with E-state index in [9.17, 15) is 9.18 Å². The third-order valence-corrected chi connectivity index (χ3v) is 3.56. The summed E-state index contributed by atoms with van der Waals surface area (Å²) < 4.78 is 23.3. The van der Waals surface area contributed by atoms with E-state index in [1.54, 1.807) is 38.5 Å². The van der Waals surface area contributed by atoms with Gasteiger partial charge < -0.3 is 14.8 Å². The van der Waals surface area contributed by atoms with Gasteiger partial charge in [-0.1, -0.05) is 18.2 Å². The van der Waals surface area contributed by atoms with Crippen LogP contribution in [0.1, 0.15) is 24.1 Å². The number of rotatable bonds is 6. The fraction of sp³-hybridized carbons (Fsp3) is 0.278. The monoisotopic (exact) mass is 317 g/mol. The number of hydrogen-bond donors (Lipinski definition) is 1. The van der Waals surface area contributed by atoms with Gasteiger partial charge in [0.2, 0.25) is 5.91 Å². The van der Waals surface area contributed by atoms with Gasteiger partial charge in [-0.15, -0.1) is 0 Å². The Labute approximate surface area is 135 Å². The largest absolute Gasteiger partial charge is 0.493 e. The van der Waals surface area contributed by atoms with Gasteiger partial charge in [-0.3, -0.25) is 4.79 Å². The number of carbonyl (C=O) groups excluding carboxylic acids is 1. The summed E-state index contributed by atoms with van der Waals surface area (Å²) in [6.45, 7) is 1.86. The highest BCUT2D eigenvalue weighted by Crippen LogP contribution is 2.27. The van der Waals surface area contributed by atoms with Crippen LogP contribution >= 0.6 is 0 Å². The van der Waals surface area contributed by atoms with Gasteiger partial charge in [0.05, 0.1) is 26.7 Å². The molecule has 0 saturated heterocycles. The van der Waals surface area contributed by atoms with Gasteiger partial charge >= 0.3 is 0 Å². The van der Waals surface area contributed by atoms with Crippen LogP contribution in [-0.2, 0) is 11.2 Å². The van der Waals surface area contributed by atoms with Crippen LogP contribution in [0.15, 0.2) is 42.5 Å². The standard InChI is InChI=1S/C18H20FNO3/c1-12(14-5-7-15(19)8-6-14)20-18(21)11-13-4-9-16(22-2)17(10-13)23-3/h4-10,12H,11H2,1-3H3,(H,20,21)/t12-/m1/s1. The average Bonchev–Trinajstić information content (AvgIpc) is 2.55. The normalized spacial score (nSPS) is 11.7. The summed E-state index contributed by atoms with van der Waals surface area (Å²) in [6, 6.07) is 11.3. The Balaban J connectivity index is 2.00. The van der Waals surface area contributed by atoms with E-state index in [0.29, 0.717) is 11.5 Å². The molecule has 0 aliphatic rings. The first kappa shape index (κ1) is 16.8. The van der Waals surface area contributed by atoms with Crippen LogP contribution in [0, 0.1) is 5.82 Å². The van der Waals surface area contributed by atoms with E-state index in [2.05, 4.69) is 5.32 Å². The highest BCUT2D eigenvalue weighted by molar-refractivity contribution is 5.79. The summed E-state index contributed by atoms with van der Waals surface area (Å²) in [5.74, 6) is 0.798. The molecule has 0 saturated carbocycles. The van der Waals surface area contributed by atoms with Gasteiger partial charge in [-0.05, 0) is 42.3 Å². The third-order valence-electron chi connectivity index (χ3n) is 3.56. The number of ether oxygens (including phenoxy) is 2. The van der Waals surface area contributed by atoms with Crippen molar-refractivity contribution in [2.24, 2.45) is 0 Å². The maximum atomic E-state index is 12.9. The van der Waals surface area contributed by atoms with Crippen molar-refractivity contribution in [2.75, 3.05) is 14.2 Å². The SMILES string of the molecule is COc1ccc(CC(=O)N[C@H](C)c2ccc(F)cc2)cc1OC. The molecule has 2 aromatic carbocycles. The van der Waals surface area contributed by atoms with E-state index < -0.39 is 0 Å². The zero-order chi connectivity index (χ0) is 16.8. The molecule has 1 N–H and O–H groups in total. The van der Waals surface area contributed by atoms with Crippen molar-refractivity contribution >= 4 is 5.91 Å². The fourth-order valence-corrected chi connectivity index (χ4v) is 2.30. The zero-order valence-corrected chi connectivity index (χ0v) is 13.4. The van der Waals surface area contributed by atoms with Gasteiger partial charge in [0.25, 0.3) is 0 Å². The molecule has 1 atom stereocenters. The summed E-state index contributed by atoms with van der Waals surface area (Å²) in [7, 11) is 3.12. The predicted octanol–water partition coefficient (Wildman–Crippen LogP) is 3.26. The van der Waals surface area contributed by atoms with Crippen molar-refractivity contribution in [2.45, 2.75) is 19.4 Å². The molecule has 2 aromatic rings. The molecule has 4 nitrogen and oxygen atoms in total. The molecule has 1 amide bonds. The molecule has 0 radical (unpaired) electrons. The summed E-state index contributed by atoms with van der Waals surface area (Å²) >= 11 is 0. The molecule has 0 fully saturated rings. The van der Waals surface area contributed by atoms with E-state index in [1.165, 1.54) is 12.1 Å². The van der Waals surface area contributed by atoms with Crippen LogP contribution in [0.3, 0.4) is 0 Å². The lowest BCUT2D eigenvalue weighted by Crippen LogP contribution is -2.28. The lowest BCUT2D eigenvalue weighted by molar-refractivity contribution is -0.121. The highest BCUT2D eigenvalue weighted by Gasteiger charge is 2.12. The quantitative estimate of drug-likeness (QED) is 0.889. The van der Waals surface area contributed by atoms with Crippen LogP contribution in [0.2, 0.25) is 0 Å². The zero-order valence-electron chi connectivity index (χ0n) is 13.4. The van der Waals surface area contributed by atoms with Gasteiger partial charge in [0.15, 0.2) is 11.5 Å². The second-order valence-electron chi connectivity index (χ2n) is 5.21.